The van der Waals surface area contributed by atoms with Crippen LogP contribution in [0.4, 0.5) is 0 Å². The number of nitrogens with zero attached hydrogens (tertiary/aromatic N) is 2. The third-order valence-electron chi connectivity index (χ3n) is 3.74. The summed E-state index contributed by atoms with van der Waals surface area (Å²) in [6.07, 6.45) is 3.03. The lowest BCUT2D eigenvalue weighted by atomic mass is 10.2. The Balaban J connectivity index is 1.99. The molecule has 4 nitrogen and oxygen atoms in total. The highest BCUT2D eigenvalue weighted by atomic mass is 32.2. The smallest absolute Gasteiger partial charge is 0.195 e. The predicted molar refractivity (Wildman–Crippen MR) is 97.1 cm³/mol. The van der Waals surface area contributed by atoms with Gasteiger partial charge in [-0.2, -0.15) is 0 Å². The van der Waals surface area contributed by atoms with Gasteiger partial charge >= 0.3 is 0 Å². The molecule has 4 rings (SSSR count). The van der Waals surface area contributed by atoms with Crippen LogP contribution in [0.2, 0.25) is 0 Å². The zero-order chi connectivity index (χ0) is 16.7. The molecule has 4 aromatic rings. The summed E-state index contributed by atoms with van der Waals surface area (Å²) in [6, 6.07) is 19.3. The molecule has 0 N–H and O–H groups in total. The molecule has 2 heterocycles. The van der Waals surface area contributed by atoms with Crippen LogP contribution in [0.3, 0.4) is 0 Å². The maximum absolute atomic E-state index is 12.4. The molecular formula is C18H14N2O2S2. The van der Waals surface area contributed by atoms with E-state index in [2.05, 4.69) is 4.98 Å². The van der Waals surface area contributed by atoms with Crippen molar-refractivity contribution in [2.24, 2.45) is 0 Å². The number of aromatic nitrogens is 2. The number of thiazole rings is 1. The predicted octanol–water partition coefficient (Wildman–Crippen LogP) is 4.13. The summed E-state index contributed by atoms with van der Waals surface area (Å²) < 4.78 is 26.5. The van der Waals surface area contributed by atoms with Crippen LogP contribution in [-0.4, -0.2) is 24.1 Å². The van der Waals surface area contributed by atoms with E-state index in [4.69, 9.17) is 0 Å². The normalized spacial score (nSPS) is 11.9. The number of hydrogen-bond acceptors (Lipinski definition) is 4. The topological polar surface area (TPSA) is 51.4 Å². The Hall–Kier alpha value is -2.44. The van der Waals surface area contributed by atoms with E-state index in [0.717, 1.165) is 21.7 Å². The third kappa shape index (κ3) is 2.53. The van der Waals surface area contributed by atoms with E-state index >= 15 is 0 Å². The molecule has 0 fully saturated rings. The molecular weight excluding hydrogens is 340 g/mol. The molecule has 120 valence electrons. The van der Waals surface area contributed by atoms with Gasteiger partial charge in [-0.15, -0.1) is 0 Å². The van der Waals surface area contributed by atoms with E-state index in [1.54, 1.807) is 10.6 Å². The number of fused-ring (bicyclic) bond motifs is 1. The minimum atomic E-state index is -3.40. The van der Waals surface area contributed by atoms with Gasteiger partial charge in [0.2, 0.25) is 0 Å². The second-order valence-electron chi connectivity index (χ2n) is 5.52. The van der Waals surface area contributed by atoms with Gasteiger partial charge in [0.25, 0.3) is 0 Å². The Kier molecular flexibility index (Phi) is 3.51. The van der Waals surface area contributed by atoms with Crippen molar-refractivity contribution in [3.05, 3.63) is 66.9 Å². The van der Waals surface area contributed by atoms with Gasteiger partial charge in [0, 0.05) is 18.0 Å². The van der Waals surface area contributed by atoms with E-state index in [-0.39, 0.29) is 0 Å². The lowest BCUT2D eigenvalue weighted by Crippen LogP contribution is -2.02. The largest absolute Gasteiger partial charge is 0.280 e. The maximum atomic E-state index is 12.4. The average Bonchev–Trinajstić information content (AvgIpc) is 3.13. The van der Waals surface area contributed by atoms with Gasteiger partial charge in [0.05, 0.1) is 10.6 Å². The Morgan fingerprint density at radius 1 is 0.917 bits per heavy atom. The number of imidazole rings is 1. The van der Waals surface area contributed by atoms with Gasteiger partial charge in [-0.25, -0.2) is 13.4 Å². The first-order chi connectivity index (χ1) is 11.5. The zero-order valence-corrected chi connectivity index (χ0v) is 14.5. The van der Waals surface area contributed by atoms with Crippen molar-refractivity contribution >= 4 is 26.1 Å². The van der Waals surface area contributed by atoms with Crippen molar-refractivity contribution < 1.29 is 8.42 Å². The van der Waals surface area contributed by atoms with Crippen LogP contribution in [0.25, 0.3) is 26.7 Å². The molecule has 0 unspecified atom stereocenters. The molecule has 0 saturated heterocycles. The first-order valence-corrected chi connectivity index (χ1v) is 10.1. The summed E-state index contributed by atoms with van der Waals surface area (Å²) in [5, 5.41) is 0.295. The molecule has 0 aliphatic heterocycles. The molecule has 0 saturated carbocycles. The van der Waals surface area contributed by atoms with Crippen LogP contribution in [0.5, 0.6) is 0 Å². The van der Waals surface area contributed by atoms with Gasteiger partial charge in [-0.05, 0) is 5.56 Å². The molecule has 0 atom stereocenters. The molecule has 0 aliphatic carbocycles. The van der Waals surface area contributed by atoms with Crippen LogP contribution in [0, 0.1) is 0 Å². The number of rotatable bonds is 3. The van der Waals surface area contributed by atoms with Crippen molar-refractivity contribution in [1.82, 2.24) is 9.38 Å². The van der Waals surface area contributed by atoms with Crippen LogP contribution in [0.15, 0.2) is 71.9 Å². The highest BCUT2D eigenvalue weighted by molar-refractivity contribution is 7.91. The van der Waals surface area contributed by atoms with Gasteiger partial charge < -0.3 is 0 Å². The van der Waals surface area contributed by atoms with Gasteiger partial charge in [-0.3, -0.25) is 4.40 Å². The minimum absolute atomic E-state index is 0.295. The van der Waals surface area contributed by atoms with Crippen LogP contribution in [-0.2, 0) is 9.84 Å². The fourth-order valence-corrected chi connectivity index (χ4v) is 5.29. The Morgan fingerprint density at radius 2 is 1.50 bits per heavy atom. The first kappa shape index (κ1) is 15.1. The van der Waals surface area contributed by atoms with Crippen molar-refractivity contribution in [2.45, 2.75) is 5.03 Å². The van der Waals surface area contributed by atoms with Gasteiger partial charge in [0.15, 0.2) is 19.8 Å². The minimum Gasteiger partial charge on any atom is -0.280 e. The maximum Gasteiger partial charge on any atom is 0.195 e. The van der Waals surface area contributed by atoms with E-state index in [1.165, 1.54) is 17.6 Å². The van der Waals surface area contributed by atoms with Crippen LogP contribution in [0.1, 0.15) is 0 Å². The molecule has 24 heavy (non-hydrogen) atoms. The summed E-state index contributed by atoms with van der Waals surface area (Å²) in [6.45, 7) is 0. The Labute approximate surface area is 144 Å². The van der Waals surface area contributed by atoms with Gasteiger partial charge in [0.1, 0.15) is 0 Å². The summed E-state index contributed by atoms with van der Waals surface area (Å²) in [5.41, 5.74) is 2.62. The van der Waals surface area contributed by atoms with Crippen molar-refractivity contribution in [3.8, 4) is 21.7 Å². The highest BCUT2D eigenvalue weighted by Gasteiger charge is 2.23. The monoisotopic (exact) mass is 354 g/mol. The Bertz CT molecular complexity index is 1110. The van der Waals surface area contributed by atoms with E-state index in [0.29, 0.717) is 9.99 Å². The van der Waals surface area contributed by atoms with Crippen molar-refractivity contribution in [1.29, 1.82) is 0 Å². The summed E-state index contributed by atoms with van der Waals surface area (Å²) in [7, 11) is -3.40. The molecule has 0 spiro atoms. The molecule has 0 aliphatic rings. The van der Waals surface area contributed by atoms with Crippen molar-refractivity contribution in [3.63, 3.8) is 0 Å². The summed E-state index contributed by atoms with van der Waals surface area (Å²) in [4.78, 5) is 6.02. The SMILES string of the molecule is CS(=O)(=O)c1c(-c2ccccc2)sc2nc(-c3ccccc3)cn12. The lowest BCUT2D eigenvalue weighted by Gasteiger charge is -2.02. The molecule has 0 amide bonds. The number of benzene rings is 2. The molecule has 2 aromatic heterocycles. The van der Waals surface area contributed by atoms with Crippen LogP contribution >= 0.6 is 11.3 Å². The second-order valence-corrected chi connectivity index (χ2v) is 8.43. The fourth-order valence-electron chi connectivity index (χ4n) is 2.69. The summed E-state index contributed by atoms with van der Waals surface area (Å²) >= 11 is 1.39. The molecule has 0 radical (unpaired) electrons. The number of hydrogen-bond donors (Lipinski definition) is 0. The third-order valence-corrected chi connectivity index (χ3v) is 6.07. The molecule has 6 heteroatoms. The lowest BCUT2D eigenvalue weighted by molar-refractivity contribution is 0.598. The van der Waals surface area contributed by atoms with Crippen LogP contribution < -0.4 is 0 Å². The number of sulfone groups is 1. The van der Waals surface area contributed by atoms with Crippen molar-refractivity contribution in [2.75, 3.05) is 6.26 Å². The second kappa shape index (κ2) is 5.58. The zero-order valence-electron chi connectivity index (χ0n) is 12.9. The standard InChI is InChI=1S/C18H14N2O2S2/c1-24(21,22)17-16(14-10-6-3-7-11-14)23-18-19-15(12-20(17)18)13-8-4-2-5-9-13/h2-12H,1H3. The summed E-state index contributed by atoms with van der Waals surface area (Å²) in [5.74, 6) is 0. The quantitative estimate of drug-likeness (QED) is 0.556. The van der Waals surface area contributed by atoms with E-state index < -0.39 is 9.84 Å². The molecule has 2 aromatic carbocycles. The Morgan fingerprint density at radius 3 is 2.08 bits per heavy atom. The first-order valence-electron chi connectivity index (χ1n) is 7.37. The van der Waals surface area contributed by atoms with E-state index in [9.17, 15) is 8.42 Å². The fraction of sp³-hybridized carbons (Fsp3) is 0.0556. The molecule has 0 bridgehead atoms. The van der Waals surface area contributed by atoms with Gasteiger partial charge in [-0.1, -0.05) is 72.0 Å². The van der Waals surface area contributed by atoms with E-state index in [1.807, 2.05) is 60.7 Å². The average molecular weight is 354 g/mol. The highest BCUT2D eigenvalue weighted by Crippen LogP contribution is 2.37.